The highest BCUT2D eigenvalue weighted by Gasteiger charge is 2.31. The molecule has 0 spiro atoms. The summed E-state index contributed by atoms with van der Waals surface area (Å²) in [6, 6.07) is 13.9. The molecule has 2 fully saturated rings. The lowest BCUT2D eigenvalue weighted by atomic mass is 9.95. The molecule has 0 bridgehead atoms. The molecule has 2 aliphatic heterocycles. The van der Waals surface area contributed by atoms with E-state index in [0.29, 0.717) is 5.91 Å². The van der Waals surface area contributed by atoms with Crippen LogP contribution in [0.15, 0.2) is 42.5 Å². The Morgan fingerprint density at radius 2 is 1.81 bits per heavy atom. The molecule has 5 rings (SSSR count). The van der Waals surface area contributed by atoms with Crippen molar-refractivity contribution in [1.82, 2.24) is 9.88 Å². The average Bonchev–Trinajstić information content (AvgIpc) is 3.27. The Kier molecular flexibility index (Phi) is 6.11. The minimum atomic E-state index is 0.110. The van der Waals surface area contributed by atoms with Crippen LogP contribution < -0.4 is 14.5 Å². The summed E-state index contributed by atoms with van der Waals surface area (Å²) >= 11 is 7.83. The summed E-state index contributed by atoms with van der Waals surface area (Å²) in [6.45, 7) is 4.97. The molecule has 0 aliphatic carbocycles. The quantitative estimate of drug-likeness (QED) is 0.561. The molecule has 0 unspecified atom stereocenters. The standard InChI is InChI=1S/C24H27ClN4O2S/c1-31-20-5-6-21-22(16-20)32-24(26-21)29-9-7-17(8-10-29)23(30)28-13-11-27(12-14-28)19-4-2-3-18(25)15-19/h2-6,15-17H,7-14H2,1H3. The summed E-state index contributed by atoms with van der Waals surface area (Å²) < 4.78 is 6.46. The lowest BCUT2D eigenvalue weighted by Crippen LogP contribution is -2.51. The number of benzene rings is 2. The summed E-state index contributed by atoms with van der Waals surface area (Å²) in [7, 11) is 1.68. The molecular weight excluding hydrogens is 444 g/mol. The van der Waals surface area contributed by atoms with E-state index in [4.69, 9.17) is 21.3 Å². The van der Waals surface area contributed by atoms with Gasteiger partial charge in [0, 0.05) is 55.9 Å². The van der Waals surface area contributed by atoms with Gasteiger partial charge < -0.3 is 19.4 Å². The number of fused-ring (bicyclic) bond motifs is 1. The van der Waals surface area contributed by atoms with Gasteiger partial charge in [-0.25, -0.2) is 4.98 Å². The number of anilines is 2. The van der Waals surface area contributed by atoms with Gasteiger partial charge in [0.25, 0.3) is 0 Å². The summed E-state index contributed by atoms with van der Waals surface area (Å²) in [5.41, 5.74) is 2.13. The van der Waals surface area contributed by atoms with Crippen LogP contribution in [0.5, 0.6) is 5.75 Å². The number of piperazine rings is 1. The van der Waals surface area contributed by atoms with Gasteiger partial charge in [0.15, 0.2) is 5.13 Å². The van der Waals surface area contributed by atoms with Crippen LogP contribution in [0.2, 0.25) is 5.02 Å². The van der Waals surface area contributed by atoms with Crippen molar-refractivity contribution in [3.05, 3.63) is 47.5 Å². The van der Waals surface area contributed by atoms with Crippen molar-refractivity contribution in [1.29, 1.82) is 0 Å². The first-order valence-corrected chi connectivity index (χ1v) is 12.3. The minimum Gasteiger partial charge on any atom is -0.497 e. The lowest BCUT2D eigenvalue weighted by Gasteiger charge is -2.39. The number of halogens is 1. The molecular formula is C24H27ClN4O2S. The molecule has 3 aromatic rings. The molecule has 0 saturated carbocycles. The van der Waals surface area contributed by atoms with Crippen molar-refractivity contribution < 1.29 is 9.53 Å². The van der Waals surface area contributed by atoms with Gasteiger partial charge in [0.05, 0.1) is 17.3 Å². The van der Waals surface area contributed by atoms with Crippen LogP contribution in [-0.2, 0) is 4.79 Å². The molecule has 32 heavy (non-hydrogen) atoms. The van der Waals surface area contributed by atoms with E-state index in [-0.39, 0.29) is 5.92 Å². The van der Waals surface area contributed by atoms with Gasteiger partial charge in [-0.3, -0.25) is 4.79 Å². The van der Waals surface area contributed by atoms with E-state index < -0.39 is 0 Å². The molecule has 3 heterocycles. The summed E-state index contributed by atoms with van der Waals surface area (Å²) in [5.74, 6) is 1.27. The number of nitrogens with zero attached hydrogens (tertiary/aromatic N) is 4. The second-order valence-electron chi connectivity index (χ2n) is 8.38. The number of hydrogen-bond donors (Lipinski definition) is 0. The zero-order valence-corrected chi connectivity index (χ0v) is 19.7. The van der Waals surface area contributed by atoms with Gasteiger partial charge in [0.1, 0.15) is 5.75 Å². The van der Waals surface area contributed by atoms with Crippen LogP contribution in [0, 0.1) is 5.92 Å². The zero-order valence-electron chi connectivity index (χ0n) is 18.2. The zero-order chi connectivity index (χ0) is 22.1. The Hall–Kier alpha value is -2.51. The summed E-state index contributed by atoms with van der Waals surface area (Å²) in [5, 5.41) is 1.79. The van der Waals surface area contributed by atoms with E-state index in [1.54, 1.807) is 18.4 Å². The average molecular weight is 471 g/mol. The van der Waals surface area contributed by atoms with Gasteiger partial charge >= 0.3 is 0 Å². The number of aromatic nitrogens is 1. The van der Waals surface area contributed by atoms with E-state index in [2.05, 4.69) is 15.9 Å². The second kappa shape index (κ2) is 9.16. The fourth-order valence-electron chi connectivity index (χ4n) is 4.59. The Morgan fingerprint density at radius 3 is 2.53 bits per heavy atom. The van der Waals surface area contributed by atoms with Crippen molar-refractivity contribution in [3.63, 3.8) is 0 Å². The van der Waals surface area contributed by atoms with Crippen LogP contribution in [0.3, 0.4) is 0 Å². The Morgan fingerprint density at radius 1 is 1.03 bits per heavy atom. The fraction of sp³-hybridized carbons (Fsp3) is 0.417. The SMILES string of the molecule is COc1ccc2nc(N3CCC(C(=O)N4CCN(c5cccc(Cl)c5)CC4)CC3)sc2c1. The topological polar surface area (TPSA) is 48.9 Å². The van der Waals surface area contributed by atoms with E-state index in [1.807, 2.05) is 41.3 Å². The van der Waals surface area contributed by atoms with Crippen molar-refractivity contribution in [2.45, 2.75) is 12.8 Å². The van der Waals surface area contributed by atoms with Gasteiger partial charge in [0.2, 0.25) is 5.91 Å². The number of thiazole rings is 1. The van der Waals surface area contributed by atoms with Crippen LogP contribution in [0.1, 0.15) is 12.8 Å². The van der Waals surface area contributed by atoms with Crippen molar-refractivity contribution in [2.24, 2.45) is 5.92 Å². The van der Waals surface area contributed by atoms with Gasteiger partial charge in [-0.15, -0.1) is 0 Å². The van der Waals surface area contributed by atoms with Crippen molar-refractivity contribution in [2.75, 3.05) is 56.2 Å². The third kappa shape index (κ3) is 4.36. The van der Waals surface area contributed by atoms with Gasteiger partial charge in [-0.05, 0) is 49.2 Å². The number of ether oxygens (including phenoxy) is 1. The number of rotatable bonds is 4. The Labute approximate surface area is 197 Å². The van der Waals surface area contributed by atoms with E-state index in [9.17, 15) is 4.79 Å². The predicted molar refractivity (Wildman–Crippen MR) is 131 cm³/mol. The fourth-order valence-corrected chi connectivity index (χ4v) is 5.82. The van der Waals surface area contributed by atoms with E-state index in [0.717, 1.165) is 83.9 Å². The van der Waals surface area contributed by atoms with Crippen LogP contribution in [0.25, 0.3) is 10.2 Å². The first-order valence-electron chi connectivity index (χ1n) is 11.1. The van der Waals surface area contributed by atoms with Crippen molar-refractivity contribution in [3.8, 4) is 5.75 Å². The highest BCUT2D eigenvalue weighted by Crippen LogP contribution is 2.34. The maximum atomic E-state index is 13.1. The molecule has 2 aromatic carbocycles. The molecule has 168 valence electrons. The normalized spacial score (nSPS) is 17.8. The Balaban J connectivity index is 1.16. The van der Waals surface area contributed by atoms with E-state index in [1.165, 1.54) is 0 Å². The molecule has 0 atom stereocenters. The largest absolute Gasteiger partial charge is 0.497 e. The third-order valence-electron chi connectivity index (χ3n) is 6.46. The number of carbonyl (C=O) groups excluding carboxylic acids is 1. The molecule has 0 N–H and O–H groups in total. The summed E-state index contributed by atoms with van der Waals surface area (Å²) in [6.07, 6.45) is 1.76. The smallest absolute Gasteiger partial charge is 0.225 e. The molecule has 1 aromatic heterocycles. The maximum Gasteiger partial charge on any atom is 0.225 e. The first-order chi connectivity index (χ1) is 15.6. The second-order valence-corrected chi connectivity index (χ2v) is 9.83. The minimum absolute atomic E-state index is 0.110. The third-order valence-corrected chi connectivity index (χ3v) is 7.78. The number of hydrogen-bond acceptors (Lipinski definition) is 6. The van der Waals surface area contributed by atoms with E-state index >= 15 is 0 Å². The highest BCUT2D eigenvalue weighted by molar-refractivity contribution is 7.22. The molecule has 2 saturated heterocycles. The molecule has 1 amide bonds. The molecule has 6 nitrogen and oxygen atoms in total. The monoisotopic (exact) mass is 470 g/mol. The van der Waals surface area contributed by atoms with Crippen LogP contribution in [-0.4, -0.2) is 62.2 Å². The first kappa shape index (κ1) is 21.3. The van der Waals surface area contributed by atoms with Crippen LogP contribution in [0.4, 0.5) is 10.8 Å². The predicted octanol–water partition coefficient (Wildman–Crippen LogP) is 4.52. The number of amides is 1. The Bertz CT molecular complexity index is 1100. The molecule has 2 aliphatic rings. The number of methoxy groups -OCH3 is 1. The maximum absolute atomic E-state index is 13.1. The lowest BCUT2D eigenvalue weighted by molar-refractivity contribution is -0.136. The van der Waals surface area contributed by atoms with Gasteiger partial charge in [-0.1, -0.05) is 29.0 Å². The van der Waals surface area contributed by atoms with Crippen molar-refractivity contribution >= 4 is 49.9 Å². The summed E-state index contributed by atoms with van der Waals surface area (Å²) in [4.78, 5) is 24.6. The molecule has 8 heteroatoms. The van der Waals surface area contributed by atoms with Gasteiger partial charge in [-0.2, -0.15) is 0 Å². The number of piperidine rings is 1. The molecule has 0 radical (unpaired) electrons. The highest BCUT2D eigenvalue weighted by atomic mass is 35.5. The van der Waals surface area contributed by atoms with Crippen LogP contribution >= 0.6 is 22.9 Å². The number of carbonyl (C=O) groups is 1.